The first-order valence-electron chi connectivity index (χ1n) is 10.5. The summed E-state index contributed by atoms with van der Waals surface area (Å²) in [5, 5.41) is 10.7. The molecule has 0 saturated heterocycles. The molecule has 0 spiro atoms. The van der Waals surface area contributed by atoms with Gasteiger partial charge in [-0.15, -0.1) is 0 Å². The third-order valence-corrected chi connectivity index (χ3v) is 5.35. The highest BCUT2D eigenvalue weighted by molar-refractivity contribution is 5.98. The van der Waals surface area contributed by atoms with Gasteiger partial charge in [-0.25, -0.2) is 9.69 Å². The highest BCUT2D eigenvalue weighted by Crippen LogP contribution is 2.42. The molecule has 1 N–H and O–H groups in total. The topological polar surface area (TPSA) is 99.6 Å². The lowest BCUT2D eigenvalue weighted by atomic mass is 10.1. The number of hydrogen-bond donors (Lipinski definition) is 1. The van der Waals surface area contributed by atoms with Crippen molar-refractivity contribution in [1.29, 1.82) is 0 Å². The maximum Gasteiger partial charge on any atom is 0.416 e. The van der Waals surface area contributed by atoms with E-state index in [2.05, 4.69) is 4.98 Å². The molecule has 0 saturated carbocycles. The molecular weight excluding hydrogens is 452 g/mol. The third kappa shape index (κ3) is 4.56. The van der Waals surface area contributed by atoms with Gasteiger partial charge in [0.25, 0.3) is 0 Å². The summed E-state index contributed by atoms with van der Waals surface area (Å²) < 4.78 is 27.6. The molecule has 1 amide bonds. The summed E-state index contributed by atoms with van der Waals surface area (Å²) in [6, 6.07) is 17.0. The van der Waals surface area contributed by atoms with Crippen LogP contribution in [0.1, 0.15) is 0 Å². The summed E-state index contributed by atoms with van der Waals surface area (Å²) in [6.45, 7) is 0. The quantitative estimate of drug-likeness (QED) is 0.337. The minimum absolute atomic E-state index is 0.278. The van der Waals surface area contributed by atoms with Crippen molar-refractivity contribution in [3.63, 3.8) is 0 Å². The maximum atomic E-state index is 12.2. The van der Waals surface area contributed by atoms with Crippen LogP contribution in [-0.2, 0) is 0 Å². The van der Waals surface area contributed by atoms with Crippen LogP contribution in [0.25, 0.3) is 10.9 Å². The molecule has 0 bridgehead atoms. The van der Waals surface area contributed by atoms with Crippen molar-refractivity contribution in [2.45, 2.75) is 0 Å². The van der Waals surface area contributed by atoms with E-state index in [1.807, 2.05) is 0 Å². The molecule has 0 unspecified atom stereocenters. The summed E-state index contributed by atoms with van der Waals surface area (Å²) in [7, 11) is 6.06. The molecule has 4 rings (SSSR count). The van der Waals surface area contributed by atoms with Crippen LogP contribution in [0.2, 0.25) is 0 Å². The number of ether oxygens (including phenoxy) is 5. The Hall–Kier alpha value is -4.66. The van der Waals surface area contributed by atoms with Crippen LogP contribution in [0.5, 0.6) is 34.5 Å². The number of aromatic nitrogens is 1. The molecule has 4 aromatic rings. The van der Waals surface area contributed by atoms with E-state index in [9.17, 15) is 9.90 Å². The molecule has 0 aliphatic carbocycles. The van der Waals surface area contributed by atoms with Gasteiger partial charge in [-0.3, -0.25) is 4.98 Å². The second-order valence-corrected chi connectivity index (χ2v) is 7.26. The number of carboxylic acid groups (broad SMARTS) is 1. The summed E-state index contributed by atoms with van der Waals surface area (Å²) in [5.41, 5.74) is 1.34. The van der Waals surface area contributed by atoms with Gasteiger partial charge in [-0.2, -0.15) is 0 Å². The summed E-state index contributed by atoms with van der Waals surface area (Å²) in [6.07, 6.45) is 0.445. The van der Waals surface area contributed by atoms with Gasteiger partial charge in [0.2, 0.25) is 0 Å². The Morgan fingerprint density at radius 1 is 0.771 bits per heavy atom. The molecule has 0 atom stereocenters. The Bertz CT molecular complexity index is 1330. The molecule has 1 aromatic heterocycles. The molecule has 0 fully saturated rings. The average molecular weight is 476 g/mol. The number of pyridine rings is 1. The first-order valence-corrected chi connectivity index (χ1v) is 10.5. The zero-order valence-corrected chi connectivity index (χ0v) is 19.6. The number of nitrogens with zero attached hydrogens (tertiary/aromatic N) is 2. The van der Waals surface area contributed by atoms with E-state index < -0.39 is 6.09 Å². The molecule has 0 radical (unpaired) electrons. The fraction of sp³-hybridized carbons (Fsp3) is 0.154. The largest absolute Gasteiger partial charge is 0.494 e. The molecule has 9 nitrogen and oxygen atoms in total. The Morgan fingerprint density at radius 3 is 1.94 bits per heavy atom. The van der Waals surface area contributed by atoms with Crippen LogP contribution in [-0.4, -0.2) is 44.6 Å². The van der Waals surface area contributed by atoms with Crippen LogP contribution in [0.4, 0.5) is 16.2 Å². The molecule has 1 heterocycles. The fourth-order valence-corrected chi connectivity index (χ4v) is 3.71. The summed E-state index contributed by atoms with van der Waals surface area (Å²) >= 11 is 0. The molecule has 180 valence electrons. The zero-order valence-electron chi connectivity index (χ0n) is 19.6. The van der Waals surface area contributed by atoms with Gasteiger partial charge in [-0.05, 0) is 48.5 Å². The molecule has 9 heteroatoms. The van der Waals surface area contributed by atoms with Crippen molar-refractivity contribution in [3.8, 4) is 34.5 Å². The summed E-state index contributed by atoms with van der Waals surface area (Å²) in [4.78, 5) is 17.7. The smallest absolute Gasteiger partial charge is 0.416 e. The van der Waals surface area contributed by atoms with E-state index in [4.69, 9.17) is 23.7 Å². The van der Waals surface area contributed by atoms with Gasteiger partial charge in [0.05, 0.1) is 39.6 Å². The van der Waals surface area contributed by atoms with Gasteiger partial charge < -0.3 is 28.8 Å². The number of para-hydroxylation sites is 1. The SMILES string of the molecule is COc1cc2nccc(Oc3ccc(N(C(=O)O)c4c(OC)cccc4OC)cc3)c2cc1OC. The third-order valence-electron chi connectivity index (χ3n) is 5.35. The molecule has 0 aliphatic rings. The second kappa shape index (κ2) is 10.1. The maximum absolute atomic E-state index is 12.2. The lowest BCUT2D eigenvalue weighted by Gasteiger charge is -2.24. The van der Waals surface area contributed by atoms with Crippen LogP contribution < -0.4 is 28.6 Å². The van der Waals surface area contributed by atoms with Crippen LogP contribution >= 0.6 is 0 Å². The van der Waals surface area contributed by atoms with Gasteiger partial charge >= 0.3 is 6.09 Å². The number of amides is 1. The number of methoxy groups -OCH3 is 4. The van der Waals surface area contributed by atoms with Gasteiger partial charge in [0, 0.05) is 17.6 Å². The number of fused-ring (bicyclic) bond motifs is 1. The van der Waals surface area contributed by atoms with Crippen molar-refractivity contribution in [3.05, 3.63) is 66.9 Å². The van der Waals surface area contributed by atoms with E-state index in [0.717, 1.165) is 10.3 Å². The number of anilines is 2. The number of benzene rings is 3. The number of rotatable bonds is 8. The normalized spacial score (nSPS) is 10.5. The van der Waals surface area contributed by atoms with E-state index in [0.29, 0.717) is 45.7 Å². The Labute approximate surface area is 202 Å². The van der Waals surface area contributed by atoms with Crippen molar-refractivity contribution in [2.75, 3.05) is 33.3 Å². The predicted octanol–water partition coefficient (Wildman–Crippen LogP) is 5.88. The summed E-state index contributed by atoms with van der Waals surface area (Å²) in [5.74, 6) is 2.91. The predicted molar refractivity (Wildman–Crippen MR) is 131 cm³/mol. The van der Waals surface area contributed by atoms with Crippen LogP contribution in [0, 0.1) is 0 Å². The van der Waals surface area contributed by atoms with Crippen molar-refractivity contribution in [1.82, 2.24) is 4.98 Å². The zero-order chi connectivity index (χ0) is 24.9. The van der Waals surface area contributed by atoms with Gasteiger partial charge in [0.1, 0.15) is 28.7 Å². The van der Waals surface area contributed by atoms with Crippen molar-refractivity contribution in [2.24, 2.45) is 0 Å². The van der Waals surface area contributed by atoms with E-state index in [1.165, 1.54) is 14.2 Å². The Balaban J connectivity index is 1.69. The molecule has 0 aliphatic heterocycles. The highest BCUT2D eigenvalue weighted by Gasteiger charge is 2.25. The average Bonchev–Trinajstić information content (AvgIpc) is 2.89. The van der Waals surface area contributed by atoms with E-state index in [1.54, 1.807) is 81.1 Å². The van der Waals surface area contributed by atoms with Crippen LogP contribution in [0.15, 0.2) is 66.9 Å². The minimum atomic E-state index is -1.19. The second-order valence-electron chi connectivity index (χ2n) is 7.26. The first-order chi connectivity index (χ1) is 17.0. The molecular formula is C26H24N2O7. The van der Waals surface area contributed by atoms with E-state index in [-0.39, 0.29) is 5.69 Å². The molecule has 35 heavy (non-hydrogen) atoms. The van der Waals surface area contributed by atoms with Gasteiger partial charge in [0.15, 0.2) is 11.5 Å². The monoisotopic (exact) mass is 476 g/mol. The number of carbonyl (C=O) groups is 1. The van der Waals surface area contributed by atoms with Crippen molar-refractivity contribution < 1.29 is 33.6 Å². The fourth-order valence-electron chi connectivity index (χ4n) is 3.71. The standard InChI is InChI=1S/C26H24N2O7/c1-31-21-6-5-7-22(32-2)25(21)28(26(29)30)16-8-10-17(11-9-16)35-20-12-13-27-19-15-24(34-4)23(33-3)14-18(19)20/h5-15H,1-4H3,(H,29,30). The van der Waals surface area contributed by atoms with Gasteiger partial charge in [-0.1, -0.05) is 6.07 Å². The number of hydrogen-bond acceptors (Lipinski definition) is 7. The minimum Gasteiger partial charge on any atom is -0.494 e. The van der Waals surface area contributed by atoms with E-state index >= 15 is 0 Å². The Kier molecular flexibility index (Phi) is 6.77. The first kappa shape index (κ1) is 23.5. The lowest BCUT2D eigenvalue weighted by Crippen LogP contribution is -2.24. The highest BCUT2D eigenvalue weighted by atomic mass is 16.5. The van der Waals surface area contributed by atoms with Crippen LogP contribution in [0.3, 0.4) is 0 Å². The lowest BCUT2D eigenvalue weighted by molar-refractivity contribution is 0.204. The Morgan fingerprint density at radius 2 is 1.37 bits per heavy atom. The van der Waals surface area contributed by atoms with Crippen molar-refractivity contribution >= 4 is 28.4 Å². The molecule has 3 aromatic carbocycles.